The first-order chi connectivity index (χ1) is 10.7. The Bertz CT molecular complexity index is 733. The van der Waals surface area contributed by atoms with Crippen LogP contribution in [-0.4, -0.2) is 6.09 Å². The number of hydrogen-bond acceptors (Lipinski definition) is 2. The maximum Gasteiger partial charge on any atom is 0.417 e. The largest absolute Gasteiger partial charge is 0.417 e. The van der Waals surface area contributed by atoms with Gasteiger partial charge in [-0.05, 0) is 66.3 Å². The van der Waals surface area contributed by atoms with Crippen LogP contribution in [0.3, 0.4) is 0 Å². The Morgan fingerprint density at radius 3 is 2.35 bits per heavy atom. The normalized spacial score (nSPS) is 11.2. The molecule has 0 bridgehead atoms. The van der Waals surface area contributed by atoms with Gasteiger partial charge in [-0.25, -0.2) is 4.79 Å². The molecule has 3 nitrogen and oxygen atoms in total. The number of aryl methyl sites for hydroxylation is 2. The molecule has 1 N–H and O–H groups in total. The number of carbonyl (C=O) groups excluding carboxylic acids is 1. The lowest BCUT2D eigenvalue weighted by Crippen LogP contribution is -2.18. The maximum absolute atomic E-state index is 12.1. The van der Waals surface area contributed by atoms with Gasteiger partial charge in [0.15, 0.2) is 0 Å². The predicted molar refractivity (Wildman–Crippen MR) is 98.4 cm³/mol. The number of nitrogens with one attached hydrogen (secondary N) is 1. The van der Waals surface area contributed by atoms with Crippen molar-refractivity contribution < 1.29 is 9.53 Å². The van der Waals surface area contributed by atoms with Crippen molar-refractivity contribution in [1.82, 2.24) is 0 Å². The maximum atomic E-state index is 12.1. The number of hydrogen-bond donors (Lipinski definition) is 1. The summed E-state index contributed by atoms with van der Waals surface area (Å²) < 4.78 is 6.41. The van der Waals surface area contributed by atoms with Crippen LogP contribution in [0.1, 0.15) is 37.5 Å². The topological polar surface area (TPSA) is 38.3 Å². The molecule has 0 atom stereocenters. The Balaban J connectivity index is 2.12. The number of amides is 1. The zero-order valence-electron chi connectivity index (χ0n) is 14.2. The van der Waals surface area contributed by atoms with E-state index < -0.39 is 6.09 Å². The number of rotatable bonds is 2. The number of halogens is 1. The van der Waals surface area contributed by atoms with Gasteiger partial charge in [0.2, 0.25) is 0 Å². The molecule has 0 radical (unpaired) electrons. The van der Waals surface area contributed by atoms with Crippen molar-refractivity contribution in [2.75, 3.05) is 5.32 Å². The zero-order chi connectivity index (χ0) is 17.2. The molecule has 2 rings (SSSR count). The Kier molecular flexibility index (Phi) is 5.15. The van der Waals surface area contributed by atoms with Crippen LogP contribution < -0.4 is 10.1 Å². The molecule has 0 aliphatic rings. The van der Waals surface area contributed by atoms with Crippen molar-refractivity contribution in [2.45, 2.75) is 40.0 Å². The number of carbonyl (C=O) groups is 1. The lowest BCUT2D eigenvalue weighted by molar-refractivity contribution is 0.215. The van der Waals surface area contributed by atoms with Crippen LogP contribution in [0.4, 0.5) is 10.5 Å². The van der Waals surface area contributed by atoms with Crippen LogP contribution in [0.15, 0.2) is 40.9 Å². The summed E-state index contributed by atoms with van der Waals surface area (Å²) in [5, 5.41) is 2.76. The van der Waals surface area contributed by atoms with Gasteiger partial charge in [-0.15, -0.1) is 0 Å². The minimum Gasteiger partial charge on any atom is -0.410 e. The minimum atomic E-state index is -0.490. The summed E-state index contributed by atoms with van der Waals surface area (Å²) in [6.07, 6.45) is -0.490. The highest BCUT2D eigenvalue weighted by Crippen LogP contribution is 2.32. The molecule has 0 spiro atoms. The van der Waals surface area contributed by atoms with E-state index in [-0.39, 0.29) is 5.41 Å². The van der Waals surface area contributed by atoms with Crippen LogP contribution in [-0.2, 0) is 5.41 Å². The van der Waals surface area contributed by atoms with Gasteiger partial charge in [-0.1, -0.05) is 42.8 Å². The molecular formula is C19H22BrNO2. The van der Waals surface area contributed by atoms with Crippen molar-refractivity contribution in [3.63, 3.8) is 0 Å². The van der Waals surface area contributed by atoms with Gasteiger partial charge in [-0.2, -0.15) is 0 Å². The number of benzene rings is 2. The lowest BCUT2D eigenvalue weighted by atomic mass is 9.87. The van der Waals surface area contributed by atoms with E-state index in [9.17, 15) is 4.79 Å². The smallest absolute Gasteiger partial charge is 0.410 e. The van der Waals surface area contributed by atoms with E-state index in [0.717, 1.165) is 21.3 Å². The summed E-state index contributed by atoms with van der Waals surface area (Å²) >= 11 is 3.54. The van der Waals surface area contributed by atoms with Gasteiger partial charge < -0.3 is 4.74 Å². The fourth-order valence-electron chi connectivity index (χ4n) is 2.21. The summed E-state index contributed by atoms with van der Waals surface area (Å²) in [7, 11) is 0. The van der Waals surface area contributed by atoms with Gasteiger partial charge in [-0.3, -0.25) is 5.32 Å². The van der Waals surface area contributed by atoms with Crippen LogP contribution in [0.25, 0.3) is 0 Å². The van der Waals surface area contributed by atoms with Crippen molar-refractivity contribution in [2.24, 2.45) is 0 Å². The summed E-state index contributed by atoms with van der Waals surface area (Å²) in [6, 6.07) is 11.3. The van der Waals surface area contributed by atoms with Crippen molar-refractivity contribution in [3.05, 3.63) is 57.6 Å². The van der Waals surface area contributed by atoms with Crippen molar-refractivity contribution in [3.8, 4) is 5.75 Å². The third-order valence-corrected chi connectivity index (χ3v) is 4.40. The second kappa shape index (κ2) is 6.75. The molecule has 0 saturated carbocycles. The molecule has 122 valence electrons. The van der Waals surface area contributed by atoms with Crippen molar-refractivity contribution in [1.29, 1.82) is 0 Å². The van der Waals surface area contributed by atoms with E-state index in [1.165, 1.54) is 5.56 Å². The van der Waals surface area contributed by atoms with E-state index in [1.807, 2.05) is 44.2 Å². The Morgan fingerprint density at radius 2 is 1.74 bits per heavy atom. The van der Waals surface area contributed by atoms with E-state index in [1.54, 1.807) is 6.07 Å². The van der Waals surface area contributed by atoms with Gasteiger partial charge in [0, 0.05) is 10.2 Å². The molecule has 1 amide bonds. The molecular weight excluding hydrogens is 354 g/mol. The summed E-state index contributed by atoms with van der Waals surface area (Å²) in [5.41, 5.74) is 4.09. The monoisotopic (exact) mass is 375 g/mol. The SMILES string of the molecule is Cc1ccc(NC(=O)Oc2ccc(Br)c(C(C)(C)C)c2)cc1C. The highest BCUT2D eigenvalue weighted by molar-refractivity contribution is 9.10. The van der Waals surface area contributed by atoms with Gasteiger partial charge in [0.1, 0.15) is 5.75 Å². The molecule has 0 unspecified atom stereocenters. The van der Waals surface area contributed by atoms with Gasteiger partial charge >= 0.3 is 6.09 Å². The number of ether oxygens (including phenoxy) is 1. The number of anilines is 1. The molecule has 0 heterocycles. The third kappa shape index (κ3) is 4.58. The lowest BCUT2D eigenvalue weighted by Gasteiger charge is -2.21. The van der Waals surface area contributed by atoms with E-state index >= 15 is 0 Å². The van der Waals surface area contributed by atoms with Crippen LogP contribution in [0, 0.1) is 13.8 Å². The molecule has 0 aliphatic heterocycles. The Morgan fingerprint density at radius 1 is 1.04 bits per heavy atom. The van der Waals surface area contributed by atoms with E-state index in [0.29, 0.717) is 5.75 Å². The first kappa shape index (κ1) is 17.5. The van der Waals surface area contributed by atoms with E-state index in [4.69, 9.17) is 4.74 Å². The Labute approximate surface area is 146 Å². The molecule has 23 heavy (non-hydrogen) atoms. The molecule has 0 fully saturated rings. The predicted octanol–water partition coefficient (Wildman–Crippen LogP) is 5.97. The average Bonchev–Trinajstić information content (AvgIpc) is 2.44. The first-order valence-electron chi connectivity index (χ1n) is 7.53. The fraction of sp³-hybridized carbons (Fsp3) is 0.316. The highest BCUT2D eigenvalue weighted by atomic mass is 79.9. The van der Waals surface area contributed by atoms with Crippen LogP contribution in [0.2, 0.25) is 0 Å². The summed E-state index contributed by atoms with van der Waals surface area (Å²) in [4.78, 5) is 12.1. The Hall–Kier alpha value is -1.81. The van der Waals surface area contributed by atoms with Crippen LogP contribution >= 0.6 is 15.9 Å². The summed E-state index contributed by atoms with van der Waals surface area (Å²) in [5.74, 6) is 0.527. The van der Waals surface area contributed by atoms with Crippen LogP contribution in [0.5, 0.6) is 5.75 Å². The summed E-state index contributed by atoms with van der Waals surface area (Å²) in [6.45, 7) is 10.4. The van der Waals surface area contributed by atoms with Gasteiger partial charge in [0.05, 0.1) is 0 Å². The zero-order valence-corrected chi connectivity index (χ0v) is 15.7. The molecule has 0 aromatic heterocycles. The molecule has 0 saturated heterocycles. The molecule has 4 heteroatoms. The fourth-order valence-corrected chi connectivity index (χ4v) is 3.05. The van der Waals surface area contributed by atoms with Crippen molar-refractivity contribution >= 4 is 27.7 Å². The van der Waals surface area contributed by atoms with Gasteiger partial charge in [0.25, 0.3) is 0 Å². The first-order valence-corrected chi connectivity index (χ1v) is 8.32. The molecule has 2 aromatic carbocycles. The average molecular weight is 376 g/mol. The molecule has 2 aromatic rings. The second-order valence-electron chi connectivity index (χ2n) is 6.71. The third-order valence-electron chi connectivity index (χ3n) is 3.71. The standard InChI is InChI=1S/C19H22BrNO2/c1-12-6-7-14(10-13(12)2)21-18(22)23-15-8-9-17(20)16(11-15)19(3,4)5/h6-11H,1-5H3,(H,21,22). The molecule has 0 aliphatic carbocycles. The minimum absolute atomic E-state index is 0.0389. The van der Waals surface area contributed by atoms with E-state index in [2.05, 4.69) is 42.0 Å². The quantitative estimate of drug-likeness (QED) is 0.701. The second-order valence-corrected chi connectivity index (χ2v) is 7.56. The highest BCUT2D eigenvalue weighted by Gasteiger charge is 2.18.